The van der Waals surface area contributed by atoms with Crippen molar-refractivity contribution < 1.29 is 32.6 Å². The quantitative estimate of drug-likeness (QED) is 0.297. The van der Waals surface area contributed by atoms with Crippen LogP contribution in [0.15, 0.2) is 41.3 Å². The Balaban J connectivity index is 1.67. The van der Waals surface area contributed by atoms with Crippen molar-refractivity contribution in [2.24, 2.45) is 0 Å². The number of hydrogen-bond acceptors (Lipinski definition) is 6. The van der Waals surface area contributed by atoms with Gasteiger partial charge in [0.05, 0.1) is 17.5 Å². The number of fused-ring (bicyclic) bond motifs is 2. The summed E-state index contributed by atoms with van der Waals surface area (Å²) in [4.78, 5) is 40.6. The van der Waals surface area contributed by atoms with Crippen LogP contribution in [-0.4, -0.2) is 46.9 Å². The van der Waals surface area contributed by atoms with E-state index < -0.39 is 29.7 Å². The van der Waals surface area contributed by atoms with Crippen LogP contribution in [-0.2, 0) is 21.4 Å². The van der Waals surface area contributed by atoms with Crippen LogP contribution in [0.25, 0.3) is 22.0 Å². The number of hydrogen-bond donors (Lipinski definition) is 0. The van der Waals surface area contributed by atoms with Gasteiger partial charge in [-0.2, -0.15) is 8.78 Å². The molecule has 0 atom stereocenters. The molecule has 224 valence electrons. The van der Waals surface area contributed by atoms with Crippen molar-refractivity contribution in [3.05, 3.63) is 63.4 Å². The first-order valence-corrected chi connectivity index (χ1v) is 14.2. The number of amides is 1. The second kappa shape index (κ2) is 10.7. The van der Waals surface area contributed by atoms with Crippen molar-refractivity contribution in [2.45, 2.75) is 84.6 Å². The molecule has 1 aliphatic carbocycles. The Morgan fingerprint density at radius 3 is 2.45 bits per heavy atom. The Morgan fingerprint density at radius 2 is 1.83 bits per heavy atom. The molecule has 1 fully saturated rings. The van der Waals surface area contributed by atoms with E-state index in [0.717, 1.165) is 24.0 Å². The standard InChI is InChI=1S/C32H36F2N2O6/c1-7-40-28(38)23-16-36(20-9-10-20)25-22(26(23)37)12-11-21(27(25)41-29(33)34)18-8-13-24-19(14-18)15-35(17-32(24,5)6)30(39)42-31(2,3)4/h8,11-14,16,20,29H,7,9-10,15,17H2,1-6H3. The molecular weight excluding hydrogens is 546 g/mol. The second-order valence-electron chi connectivity index (χ2n) is 12.5. The summed E-state index contributed by atoms with van der Waals surface area (Å²) in [5.41, 5.74) is 1.28. The van der Waals surface area contributed by atoms with Crippen LogP contribution in [0.3, 0.4) is 0 Å². The molecule has 1 amide bonds. The molecule has 2 heterocycles. The molecule has 1 saturated carbocycles. The number of alkyl halides is 2. The summed E-state index contributed by atoms with van der Waals surface area (Å²) < 4.78 is 45.4. The molecule has 0 saturated heterocycles. The third kappa shape index (κ3) is 5.71. The average Bonchev–Trinajstić information content (AvgIpc) is 3.73. The molecule has 0 spiro atoms. The molecule has 1 aromatic heterocycles. The molecule has 2 aromatic carbocycles. The minimum atomic E-state index is -3.15. The molecule has 3 aromatic rings. The molecule has 42 heavy (non-hydrogen) atoms. The van der Waals surface area contributed by atoms with Crippen LogP contribution >= 0.6 is 0 Å². The smallest absolute Gasteiger partial charge is 0.410 e. The number of pyridine rings is 1. The van der Waals surface area contributed by atoms with Gasteiger partial charge in [-0.1, -0.05) is 26.0 Å². The summed E-state index contributed by atoms with van der Waals surface area (Å²) in [6.45, 7) is 8.85. The highest BCUT2D eigenvalue weighted by Crippen LogP contribution is 2.44. The number of esters is 1. The molecule has 5 rings (SSSR count). The highest BCUT2D eigenvalue weighted by molar-refractivity contribution is 5.98. The van der Waals surface area contributed by atoms with Crippen molar-refractivity contribution in [2.75, 3.05) is 13.2 Å². The Hall–Kier alpha value is -3.95. The molecule has 1 aliphatic heterocycles. The maximum Gasteiger partial charge on any atom is 0.410 e. The Morgan fingerprint density at radius 1 is 1.12 bits per heavy atom. The van der Waals surface area contributed by atoms with Gasteiger partial charge in [0.15, 0.2) is 5.75 Å². The minimum Gasteiger partial charge on any atom is -0.462 e. The summed E-state index contributed by atoms with van der Waals surface area (Å²) >= 11 is 0. The second-order valence-corrected chi connectivity index (χ2v) is 12.5. The van der Waals surface area contributed by atoms with Gasteiger partial charge in [-0.15, -0.1) is 0 Å². The normalized spacial score (nSPS) is 16.4. The first-order chi connectivity index (χ1) is 19.7. The maximum absolute atomic E-state index is 13.9. The van der Waals surface area contributed by atoms with E-state index >= 15 is 0 Å². The summed E-state index contributed by atoms with van der Waals surface area (Å²) in [5, 5.41) is 0.0991. The summed E-state index contributed by atoms with van der Waals surface area (Å²) in [6.07, 6.45) is 2.52. The van der Waals surface area contributed by atoms with E-state index in [1.54, 1.807) is 28.5 Å². The van der Waals surface area contributed by atoms with Gasteiger partial charge in [0.25, 0.3) is 0 Å². The number of carbonyl (C=O) groups is 2. The molecule has 10 heteroatoms. The lowest BCUT2D eigenvalue weighted by Gasteiger charge is -2.40. The van der Waals surface area contributed by atoms with E-state index in [2.05, 4.69) is 0 Å². The van der Waals surface area contributed by atoms with Gasteiger partial charge in [0.2, 0.25) is 5.43 Å². The zero-order valence-electron chi connectivity index (χ0n) is 24.8. The van der Waals surface area contributed by atoms with E-state index in [1.165, 1.54) is 6.20 Å². The molecule has 2 aliphatic rings. The Bertz CT molecular complexity index is 1620. The fraction of sp³-hybridized carbons (Fsp3) is 0.469. The van der Waals surface area contributed by atoms with Crippen molar-refractivity contribution in [3.8, 4) is 16.9 Å². The highest BCUT2D eigenvalue weighted by atomic mass is 19.3. The molecule has 0 N–H and O–H groups in total. The van der Waals surface area contributed by atoms with Crippen LogP contribution in [0.4, 0.5) is 13.6 Å². The summed E-state index contributed by atoms with van der Waals surface area (Å²) in [7, 11) is 0. The van der Waals surface area contributed by atoms with Crippen LogP contribution in [0.2, 0.25) is 0 Å². The van der Waals surface area contributed by atoms with Gasteiger partial charge in [-0.25, -0.2) is 9.59 Å². The van der Waals surface area contributed by atoms with Crippen LogP contribution < -0.4 is 10.2 Å². The maximum atomic E-state index is 13.9. The third-order valence-corrected chi connectivity index (χ3v) is 7.53. The van der Waals surface area contributed by atoms with Crippen molar-refractivity contribution in [1.82, 2.24) is 9.47 Å². The largest absolute Gasteiger partial charge is 0.462 e. The lowest BCUT2D eigenvalue weighted by atomic mass is 9.77. The molecule has 0 bridgehead atoms. The zero-order valence-corrected chi connectivity index (χ0v) is 24.8. The SMILES string of the molecule is CCOC(=O)c1cn(C2CC2)c2c(OC(F)F)c(-c3ccc4c(c3)CN(C(=O)OC(C)(C)C)CC4(C)C)ccc2c1=O. The molecule has 0 radical (unpaired) electrons. The third-order valence-electron chi connectivity index (χ3n) is 7.53. The number of halogens is 2. The number of ether oxygens (including phenoxy) is 3. The number of rotatable bonds is 6. The fourth-order valence-electron chi connectivity index (χ4n) is 5.68. The molecular formula is C32H36F2N2O6. The van der Waals surface area contributed by atoms with E-state index in [1.807, 2.05) is 52.8 Å². The van der Waals surface area contributed by atoms with Gasteiger partial charge in [0.1, 0.15) is 11.2 Å². The van der Waals surface area contributed by atoms with Crippen molar-refractivity contribution in [1.29, 1.82) is 0 Å². The van der Waals surface area contributed by atoms with Crippen LogP contribution in [0, 0.1) is 0 Å². The van der Waals surface area contributed by atoms with E-state index in [0.29, 0.717) is 17.7 Å². The predicted octanol–water partition coefficient (Wildman–Crippen LogP) is 6.81. The summed E-state index contributed by atoms with van der Waals surface area (Å²) in [6, 6.07) is 8.71. The minimum absolute atomic E-state index is 0.0664. The predicted molar refractivity (Wildman–Crippen MR) is 154 cm³/mol. The number of aromatic nitrogens is 1. The van der Waals surface area contributed by atoms with Gasteiger partial charge >= 0.3 is 18.7 Å². The molecule has 8 nitrogen and oxygen atoms in total. The van der Waals surface area contributed by atoms with Crippen LogP contribution in [0.5, 0.6) is 5.75 Å². The van der Waals surface area contributed by atoms with E-state index in [-0.39, 0.29) is 46.8 Å². The van der Waals surface area contributed by atoms with E-state index in [9.17, 15) is 23.2 Å². The van der Waals surface area contributed by atoms with Crippen molar-refractivity contribution >= 4 is 23.0 Å². The Labute approximate surface area is 243 Å². The van der Waals surface area contributed by atoms with Gasteiger partial charge in [-0.05, 0) is 75.4 Å². The summed E-state index contributed by atoms with van der Waals surface area (Å²) in [5.74, 6) is -0.896. The average molecular weight is 583 g/mol. The Kier molecular flexibility index (Phi) is 7.53. The van der Waals surface area contributed by atoms with Gasteiger partial charge in [-0.3, -0.25) is 4.79 Å². The lowest BCUT2D eigenvalue weighted by Crippen LogP contribution is -2.46. The van der Waals surface area contributed by atoms with E-state index in [4.69, 9.17) is 14.2 Å². The highest BCUT2D eigenvalue weighted by Gasteiger charge is 2.36. The van der Waals surface area contributed by atoms with Gasteiger partial charge < -0.3 is 23.7 Å². The molecule has 0 unspecified atom stereocenters. The fourth-order valence-corrected chi connectivity index (χ4v) is 5.68. The zero-order chi connectivity index (χ0) is 30.6. The van der Waals surface area contributed by atoms with Gasteiger partial charge in [0, 0.05) is 36.3 Å². The van der Waals surface area contributed by atoms with Crippen LogP contribution in [0.1, 0.15) is 81.9 Å². The topological polar surface area (TPSA) is 87.1 Å². The first-order valence-electron chi connectivity index (χ1n) is 14.2. The first kappa shape index (κ1) is 29.5. The number of carbonyl (C=O) groups excluding carboxylic acids is 2. The van der Waals surface area contributed by atoms with Crippen molar-refractivity contribution in [3.63, 3.8) is 0 Å². The monoisotopic (exact) mass is 582 g/mol. The number of benzene rings is 2. The number of nitrogens with zero attached hydrogens (tertiary/aromatic N) is 2. The lowest BCUT2D eigenvalue weighted by molar-refractivity contribution is -0.0486.